The lowest BCUT2D eigenvalue weighted by atomic mass is 10.0. The molecule has 1 heterocycles. The van der Waals surface area contributed by atoms with Crippen molar-refractivity contribution in [2.24, 2.45) is 5.92 Å². The van der Waals surface area contributed by atoms with E-state index in [1.807, 2.05) is 13.8 Å². The summed E-state index contributed by atoms with van der Waals surface area (Å²) >= 11 is 3.31. The molecule has 7 heteroatoms. The summed E-state index contributed by atoms with van der Waals surface area (Å²) in [5.74, 6) is 0.596. The number of amides is 1. The zero-order valence-corrected chi connectivity index (χ0v) is 13.3. The number of aromatic amines is 1. The molecule has 112 valence electrons. The van der Waals surface area contributed by atoms with Crippen molar-refractivity contribution >= 4 is 32.9 Å². The number of fused-ring (bicyclic) bond motifs is 1. The molecule has 3 N–H and O–H groups in total. The summed E-state index contributed by atoms with van der Waals surface area (Å²) in [5, 5.41) is 11.8. The van der Waals surface area contributed by atoms with Gasteiger partial charge < -0.3 is 15.4 Å². The molecule has 1 unspecified atom stereocenters. The van der Waals surface area contributed by atoms with Crippen molar-refractivity contribution in [3.05, 3.63) is 38.9 Å². The maximum atomic E-state index is 12.1. The van der Waals surface area contributed by atoms with Gasteiger partial charge in [-0.1, -0.05) is 29.8 Å². The summed E-state index contributed by atoms with van der Waals surface area (Å²) in [4.78, 5) is 30.1. The smallest absolute Gasteiger partial charge is 0.405 e. The van der Waals surface area contributed by atoms with E-state index in [-0.39, 0.29) is 11.5 Å². The van der Waals surface area contributed by atoms with Gasteiger partial charge in [0.2, 0.25) is 0 Å². The van der Waals surface area contributed by atoms with E-state index < -0.39 is 12.1 Å². The third-order valence-corrected chi connectivity index (χ3v) is 3.51. The van der Waals surface area contributed by atoms with Crippen molar-refractivity contribution in [1.29, 1.82) is 0 Å². The van der Waals surface area contributed by atoms with E-state index in [0.717, 1.165) is 4.47 Å². The number of H-pyrrole nitrogens is 1. The number of carboxylic acid groups (broad SMARTS) is 1. The monoisotopic (exact) mass is 353 g/mol. The normalized spacial score (nSPS) is 12.6. The van der Waals surface area contributed by atoms with Crippen molar-refractivity contribution in [2.75, 3.05) is 0 Å². The fourth-order valence-corrected chi connectivity index (χ4v) is 2.51. The standard InChI is InChI=1S/C14H16BrN3O3/c1-7(2)5-11(17-14(20)21)12-16-10-4-3-8(15)6-9(10)13(19)18-12/h3-4,6-7,11,17H,5H2,1-2H3,(H,20,21)(H,16,18,19). The summed E-state index contributed by atoms with van der Waals surface area (Å²) in [6.45, 7) is 3.96. The Balaban J connectivity index is 2.50. The van der Waals surface area contributed by atoms with Gasteiger partial charge in [0.15, 0.2) is 0 Å². The highest BCUT2D eigenvalue weighted by Crippen LogP contribution is 2.20. The Hall–Kier alpha value is -1.89. The molecule has 0 saturated carbocycles. The number of nitrogens with one attached hydrogen (secondary N) is 2. The van der Waals surface area contributed by atoms with E-state index in [0.29, 0.717) is 23.1 Å². The molecule has 0 radical (unpaired) electrons. The van der Waals surface area contributed by atoms with Crippen LogP contribution in [0.1, 0.15) is 32.1 Å². The summed E-state index contributed by atoms with van der Waals surface area (Å²) in [7, 11) is 0. The van der Waals surface area contributed by atoms with Gasteiger partial charge >= 0.3 is 6.09 Å². The molecule has 1 aromatic carbocycles. The highest BCUT2D eigenvalue weighted by atomic mass is 79.9. The SMILES string of the molecule is CC(C)CC(NC(=O)O)c1nc2ccc(Br)cc2c(=O)[nH]1. The van der Waals surface area contributed by atoms with Gasteiger partial charge in [-0.2, -0.15) is 0 Å². The summed E-state index contributed by atoms with van der Waals surface area (Å²) in [5.41, 5.74) is 0.259. The van der Waals surface area contributed by atoms with Gasteiger partial charge in [0.25, 0.3) is 5.56 Å². The summed E-state index contributed by atoms with van der Waals surface area (Å²) < 4.78 is 0.789. The molecular formula is C14H16BrN3O3. The maximum Gasteiger partial charge on any atom is 0.405 e. The van der Waals surface area contributed by atoms with Crippen LogP contribution in [0, 0.1) is 5.92 Å². The van der Waals surface area contributed by atoms with E-state index in [1.165, 1.54) is 0 Å². The quantitative estimate of drug-likeness (QED) is 0.787. The van der Waals surface area contributed by atoms with E-state index in [2.05, 4.69) is 31.2 Å². The Morgan fingerprint density at radius 2 is 2.19 bits per heavy atom. The minimum atomic E-state index is -1.14. The first-order chi connectivity index (χ1) is 9.86. The van der Waals surface area contributed by atoms with E-state index in [1.54, 1.807) is 18.2 Å². The number of benzene rings is 1. The number of carbonyl (C=O) groups is 1. The molecular weight excluding hydrogens is 338 g/mol. The highest BCUT2D eigenvalue weighted by molar-refractivity contribution is 9.10. The van der Waals surface area contributed by atoms with E-state index >= 15 is 0 Å². The van der Waals surface area contributed by atoms with Crippen LogP contribution in [0.4, 0.5) is 4.79 Å². The van der Waals surface area contributed by atoms with Crippen LogP contribution in [0.5, 0.6) is 0 Å². The second kappa shape index (κ2) is 6.26. The molecule has 0 saturated heterocycles. The molecule has 0 bridgehead atoms. The number of rotatable bonds is 4. The van der Waals surface area contributed by atoms with Crippen molar-refractivity contribution in [2.45, 2.75) is 26.3 Å². The highest BCUT2D eigenvalue weighted by Gasteiger charge is 2.19. The Morgan fingerprint density at radius 1 is 1.48 bits per heavy atom. The number of aromatic nitrogens is 2. The van der Waals surface area contributed by atoms with E-state index in [9.17, 15) is 9.59 Å². The molecule has 0 aliphatic carbocycles. The molecule has 2 aromatic rings. The van der Waals surface area contributed by atoms with Crippen molar-refractivity contribution < 1.29 is 9.90 Å². The van der Waals surface area contributed by atoms with Crippen LogP contribution in [0.2, 0.25) is 0 Å². The number of nitrogens with zero attached hydrogens (tertiary/aromatic N) is 1. The van der Waals surface area contributed by atoms with Crippen molar-refractivity contribution in [1.82, 2.24) is 15.3 Å². The van der Waals surface area contributed by atoms with E-state index in [4.69, 9.17) is 5.11 Å². The lowest BCUT2D eigenvalue weighted by Gasteiger charge is -2.18. The molecule has 1 amide bonds. The van der Waals surface area contributed by atoms with Gasteiger partial charge in [-0.3, -0.25) is 4.79 Å². The van der Waals surface area contributed by atoms with Gasteiger partial charge in [-0.15, -0.1) is 0 Å². The molecule has 0 aliphatic rings. The predicted molar refractivity (Wildman–Crippen MR) is 83.4 cm³/mol. The zero-order chi connectivity index (χ0) is 15.6. The summed E-state index contributed by atoms with van der Waals surface area (Å²) in [6, 6.07) is 4.67. The van der Waals surface area contributed by atoms with Crippen LogP contribution < -0.4 is 10.9 Å². The van der Waals surface area contributed by atoms with Crippen LogP contribution in [0.15, 0.2) is 27.5 Å². The summed E-state index contributed by atoms with van der Waals surface area (Å²) in [6.07, 6.45) is -0.587. The van der Waals surface area contributed by atoms with Gasteiger partial charge in [-0.25, -0.2) is 9.78 Å². The number of hydrogen-bond donors (Lipinski definition) is 3. The topological polar surface area (TPSA) is 95.1 Å². The van der Waals surface area contributed by atoms with Crippen LogP contribution in [-0.4, -0.2) is 21.2 Å². The second-order valence-corrected chi connectivity index (χ2v) is 6.16. The van der Waals surface area contributed by atoms with Crippen LogP contribution in [-0.2, 0) is 0 Å². The van der Waals surface area contributed by atoms with Gasteiger partial charge in [-0.05, 0) is 30.5 Å². The zero-order valence-electron chi connectivity index (χ0n) is 11.7. The largest absolute Gasteiger partial charge is 0.465 e. The molecule has 1 atom stereocenters. The first-order valence-electron chi connectivity index (χ1n) is 6.55. The molecule has 0 aliphatic heterocycles. The van der Waals surface area contributed by atoms with Crippen LogP contribution in [0.3, 0.4) is 0 Å². The van der Waals surface area contributed by atoms with Crippen LogP contribution in [0.25, 0.3) is 10.9 Å². The maximum absolute atomic E-state index is 12.1. The predicted octanol–water partition coefficient (Wildman–Crippen LogP) is 3.04. The van der Waals surface area contributed by atoms with Gasteiger partial charge in [0, 0.05) is 4.47 Å². The van der Waals surface area contributed by atoms with Crippen molar-refractivity contribution in [3.8, 4) is 0 Å². The average molecular weight is 354 g/mol. The Kier molecular flexibility index (Phi) is 4.62. The molecule has 0 spiro atoms. The molecule has 0 fully saturated rings. The van der Waals surface area contributed by atoms with Gasteiger partial charge in [0.1, 0.15) is 5.82 Å². The lowest BCUT2D eigenvalue weighted by molar-refractivity contribution is 0.187. The first kappa shape index (κ1) is 15.5. The minimum absolute atomic E-state index is 0.257. The van der Waals surface area contributed by atoms with Crippen molar-refractivity contribution in [3.63, 3.8) is 0 Å². The molecule has 6 nitrogen and oxygen atoms in total. The second-order valence-electron chi connectivity index (χ2n) is 5.24. The minimum Gasteiger partial charge on any atom is -0.465 e. The fourth-order valence-electron chi connectivity index (χ4n) is 2.15. The molecule has 2 rings (SSSR count). The Morgan fingerprint density at radius 3 is 2.81 bits per heavy atom. The number of hydrogen-bond acceptors (Lipinski definition) is 3. The fraction of sp³-hybridized carbons (Fsp3) is 0.357. The lowest BCUT2D eigenvalue weighted by Crippen LogP contribution is -2.30. The third-order valence-electron chi connectivity index (χ3n) is 3.02. The Bertz CT molecular complexity index is 727. The average Bonchev–Trinajstić information content (AvgIpc) is 2.37. The third kappa shape index (κ3) is 3.81. The molecule has 1 aromatic heterocycles. The molecule has 21 heavy (non-hydrogen) atoms. The first-order valence-corrected chi connectivity index (χ1v) is 7.35. The number of halogens is 1. The van der Waals surface area contributed by atoms with Gasteiger partial charge in [0.05, 0.1) is 16.9 Å². The Labute approximate surface area is 129 Å². The van der Waals surface area contributed by atoms with Crippen LogP contribution >= 0.6 is 15.9 Å².